The van der Waals surface area contributed by atoms with Gasteiger partial charge >= 0.3 is 0 Å². The molecule has 8 heteroatoms. The largest absolute Gasteiger partial charge is 0.323 e. The lowest BCUT2D eigenvalue weighted by atomic mass is 9.90. The number of carbonyl (C=O) groups is 3. The van der Waals surface area contributed by atoms with Crippen molar-refractivity contribution < 1.29 is 14.4 Å². The number of ketones is 1. The molecular weight excluding hydrogens is 388 g/mol. The molecule has 29 heavy (non-hydrogen) atoms. The molecule has 2 N–H and O–H groups in total. The maximum atomic E-state index is 12.3. The maximum absolute atomic E-state index is 12.3. The first kappa shape index (κ1) is 20.9. The summed E-state index contributed by atoms with van der Waals surface area (Å²) in [6, 6.07) is 6.57. The van der Waals surface area contributed by atoms with E-state index in [1.807, 2.05) is 0 Å². The van der Waals surface area contributed by atoms with E-state index in [2.05, 4.69) is 20.8 Å². The monoisotopic (exact) mass is 412 g/mol. The van der Waals surface area contributed by atoms with Crippen molar-refractivity contribution in [3.05, 3.63) is 46.5 Å². The average Bonchev–Trinajstić information content (AvgIpc) is 3.17. The van der Waals surface area contributed by atoms with Crippen LogP contribution in [0.3, 0.4) is 0 Å². The van der Waals surface area contributed by atoms with E-state index in [1.165, 1.54) is 43.6 Å². The van der Waals surface area contributed by atoms with E-state index < -0.39 is 11.8 Å². The second-order valence-corrected chi connectivity index (χ2v) is 8.19. The van der Waals surface area contributed by atoms with Gasteiger partial charge in [-0.05, 0) is 51.0 Å². The van der Waals surface area contributed by atoms with Gasteiger partial charge in [-0.1, -0.05) is 30.6 Å². The lowest BCUT2D eigenvalue weighted by molar-refractivity contribution is -0.114. The molecule has 0 atom stereocenters. The molecule has 1 saturated carbocycles. The Bertz CT molecular complexity index is 928. The van der Waals surface area contributed by atoms with Crippen LogP contribution in [0.5, 0.6) is 0 Å². The first-order chi connectivity index (χ1) is 13.9. The van der Waals surface area contributed by atoms with Gasteiger partial charge in [0.1, 0.15) is 5.01 Å². The lowest BCUT2D eigenvalue weighted by Crippen LogP contribution is -2.16. The van der Waals surface area contributed by atoms with Gasteiger partial charge in [0.25, 0.3) is 5.91 Å². The van der Waals surface area contributed by atoms with E-state index >= 15 is 0 Å². The zero-order valence-corrected chi connectivity index (χ0v) is 17.3. The maximum Gasteiger partial charge on any atom is 0.253 e. The molecule has 2 amide bonds. The van der Waals surface area contributed by atoms with Crippen LogP contribution >= 0.6 is 11.3 Å². The van der Waals surface area contributed by atoms with Gasteiger partial charge in [0.05, 0.1) is 0 Å². The summed E-state index contributed by atoms with van der Waals surface area (Å²) in [7, 11) is 0. The SMILES string of the molecule is CC(=O)c1ccc(NC(=O)/C=C(/C)C(=O)Nc2nnc(C3CCCCC3)s2)cc1. The molecule has 0 saturated heterocycles. The lowest BCUT2D eigenvalue weighted by Gasteiger charge is -2.18. The summed E-state index contributed by atoms with van der Waals surface area (Å²) < 4.78 is 0. The van der Waals surface area contributed by atoms with Gasteiger partial charge in [0, 0.05) is 28.8 Å². The van der Waals surface area contributed by atoms with Gasteiger partial charge in [0.2, 0.25) is 11.0 Å². The molecule has 1 aliphatic carbocycles. The van der Waals surface area contributed by atoms with Crippen LogP contribution in [0, 0.1) is 0 Å². The summed E-state index contributed by atoms with van der Waals surface area (Å²) >= 11 is 1.40. The average molecular weight is 413 g/mol. The minimum atomic E-state index is -0.423. The Labute approximate surface area is 173 Å². The minimum Gasteiger partial charge on any atom is -0.323 e. The number of carbonyl (C=O) groups excluding carboxylic acids is 3. The fourth-order valence-corrected chi connectivity index (χ4v) is 4.13. The molecular formula is C21H24N4O3S. The van der Waals surface area contributed by atoms with Crippen LogP contribution in [-0.4, -0.2) is 27.8 Å². The van der Waals surface area contributed by atoms with Crippen LogP contribution in [0.1, 0.15) is 67.2 Å². The number of nitrogens with one attached hydrogen (secondary N) is 2. The molecule has 0 radical (unpaired) electrons. The fraction of sp³-hybridized carbons (Fsp3) is 0.381. The number of nitrogens with zero attached hydrogens (tertiary/aromatic N) is 2. The molecule has 0 spiro atoms. The number of hydrogen-bond donors (Lipinski definition) is 2. The Morgan fingerprint density at radius 3 is 2.34 bits per heavy atom. The normalized spacial score (nSPS) is 15.0. The van der Waals surface area contributed by atoms with Crippen molar-refractivity contribution in [2.45, 2.75) is 51.9 Å². The van der Waals surface area contributed by atoms with Crippen LogP contribution < -0.4 is 10.6 Å². The van der Waals surface area contributed by atoms with Crippen LogP contribution in [-0.2, 0) is 9.59 Å². The standard InChI is InChI=1S/C21H24N4O3S/c1-13(12-18(27)22-17-10-8-15(9-11-17)14(2)26)19(28)23-21-25-24-20(29-21)16-6-4-3-5-7-16/h8-12,16H,3-7H2,1-2H3,(H,22,27)(H,23,25,28)/b13-12-. The minimum absolute atomic E-state index is 0.0430. The van der Waals surface area contributed by atoms with E-state index in [0.29, 0.717) is 22.3 Å². The van der Waals surface area contributed by atoms with E-state index in [9.17, 15) is 14.4 Å². The Balaban J connectivity index is 1.56. The third kappa shape index (κ3) is 5.80. The van der Waals surface area contributed by atoms with E-state index in [1.54, 1.807) is 31.2 Å². The van der Waals surface area contributed by atoms with Crippen LogP contribution in [0.15, 0.2) is 35.9 Å². The summed E-state index contributed by atoms with van der Waals surface area (Å²) in [5.74, 6) is -0.422. The number of aromatic nitrogens is 2. The molecule has 2 aromatic rings. The summed E-state index contributed by atoms with van der Waals surface area (Å²) in [6.07, 6.45) is 7.16. The first-order valence-corrected chi connectivity index (χ1v) is 10.5. The van der Waals surface area contributed by atoms with Crippen molar-refractivity contribution in [1.82, 2.24) is 10.2 Å². The van der Waals surface area contributed by atoms with E-state index in [-0.39, 0.29) is 11.4 Å². The molecule has 7 nitrogen and oxygen atoms in total. The van der Waals surface area contributed by atoms with Crippen molar-refractivity contribution >= 4 is 39.8 Å². The number of hydrogen-bond acceptors (Lipinski definition) is 6. The summed E-state index contributed by atoms with van der Waals surface area (Å²) in [6.45, 7) is 3.05. The molecule has 0 bridgehead atoms. The number of rotatable bonds is 6. The van der Waals surface area contributed by atoms with Crippen molar-refractivity contribution in [2.24, 2.45) is 0 Å². The van der Waals surface area contributed by atoms with Gasteiger partial charge in [-0.25, -0.2) is 0 Å². The van der Waals surface area contributed by atoms with E-state index in [4.69, 9.17) is 0 Å². The zero-order chi connectivity index (χ0) is 20.8. The number of Topliss-reactive ketones (excluding diaryl/α,β-unsaturated/α-hetero) is 1. The molecule has 0 unspecified atom stereocenters. The topological polar surface area (TPSA) is 101 Å². The highest BCUT2D eigenvalue weighted by molar-refractivity contribution is 7.15. The quantitative estimate of drug-likeness (QED) is 0.544. The third-order valence-corrected chi connectivity index (χ3v) is 5.88. The highest BCUT2D eigenvalue weighted by Crippen LogP contribution is 2.35. The van der Waals surface area contributed by atoms with Gasteiger partial charge in [-0.15, -0.1) is 10.2 Å². The summed E-state index contributed by atoms with van der Waals surface area (Å²) in [5, 5.41) is 15.1. The molecule has 0 aliphatic heterocycles. The number of amides is 2. The van der Waals surface area contributed by atoms with Crippen molar-refractivity contribution in [1.29, 1.82) is 0 Å². The van der Waals surface area contributed by atoms with E-state index in [0.717, 1.165) is 17.8 Å². The van der Waals surface area contributed by atoms with Crippen LogP contribution in [0.4, 0.5) is 10.8 Å². The highest BCUT2D eigenvalue weighted by Gasteiger charge is 2.20. The molecule has 1 heterocycles. The predicted octanol–water partition coefficient (Wildman–Crippen LogP) is 4.31. The Morgan fingerprint density at radius 1 is 1.00 bits per heavy atom. The molecule has 1 fully saturated rings. The predicted molar refractivity (Wildman–Crippen MR) is 113 cm³/mol. The van der Waals surface area contributed by atoms with Gasteiger partial charge in [0.15, 0.2) is 5.78 Å². The molecule has 1 aromatic carbocycles. The third-order valence-electron chi connectivity index (χ3n) is 4.88. The van der Waals surface area contributed by atoms with Crippen molar-refractivity contribution in [3.8, 4) is 0 Å². The highest BCUT2D eigenvalue weighted by atomic mass is 32.1. The van der Waals surface area contributed by atoms with Crippen LogP contribution in [0.2, 0.25) is 0 Å². The van der Waals surface area contributed by atoms with Crippen molar-refractivity contribution in [2.75, 3.05) is 10.6 Å². The molecule has 152 valence electrons. The fourth-order valence-electron chi connectivity index (χ4n) is 3.22. The zero-order valence-electron chi connectivity index (χ0n) is 16.5. The number of anilines is 2. The Kier molecular flexibility index (Phi) is 6.87. The van der Waals surface area contributed by atoms with Crippen molar-refractivity contribution in [3.63, 3.8) is 0 Å². The molecule has 1 aliphatic rings. The number of benzene rings is 1. The first-order valence-electron chi connectivity index (χ1n) is 9.67. The van der Waals surface area contributed by atoms with Crippen LogP contribution in [0.25, 0.3) is 0 Å². The Hall–Kier alpha value is -2.87. The summed E-state index contributed by atoms with van der Waals surface area (Å²) in [5.41, 5.74) is 1.38. The van der Waals surface area contributed by atoms with Gasteiger partial charge < -0.3 is 5.32 Å². The van der Waals surface area contributed by atoms with Gasteiger partial charge in [-0.2, -0.15) is 0 Å². The summed E-state index contributed by atoms with van der Waals surface area (Å²) in [4.78, 5) is 35.8. The second kappa shape index (κ2) is 9.56. The second-order valence-electron chi connectivity index (χ2n) is 7.18. The van der Waals surface area contributed by atoms with Gasteiger partial charge in [-0.3, -0.25) is 19.7 Å². The molecule has 3 rings (SSSR count). The smallest absolute Gasteiger partial charge is 0.253 e. The Morgan fingerprint density at radius 2 is 1.69 bits per heavy atom. The molecule has 1 aromatic heterocycles.